The lowest BCUT2D eigenvalue weighted by Crippen LogP contribution is -2.18. The van der Waals surface area contributed by atoms with Crippen LogP contribution in [0.15, 0.2) is 52.2 Å². The predicted octanol–water partition coefficient (Wildman–Crippen LogP) is 2.35. The standard InChI is InChI=1S/C13H12N2O2/c1-10-5-2-3-7-12(10)13(16)15-14-9-11-6-4-8-17-11/h2-9H,1H3,(H,15,16)/b14-9-. The molecule has 0 spiro atoms. The summed E-state index contributed by atoms with van der Waals surface area (Å²) in [5.41, 5.74) is 3.98. The molecule has 0 bridgehead atoms. The Morgan fingerprint density at radius 3 is 2.82 bits per heavy atom. The van der Waals surface area contributed by atoms with E-state index in [0.29, 0.717) is 11.3 Å². The van der Waals surface area contributed by atoms with Crippen molar-refractivity contribution in [2.75, 3.05) is 0 Å². The van der Waals surface area contributed by atoms with Gasteiger partial charge in [0.15, 0.2) is 0 Å². The number of nitrogens with one attached hydrogen (secondary N) is 1. The molecule has 0 aliphatic heterocycles. The Kier molecular flexibility index (Phi) is 3.35. The van der Waals surface area contributed by atoms with E-state index in [1.165, 1.54) is 6.21 Å². The largest absolute Gasteiger partial charge is 0.463 e. The molecule has 0 radical (unpaired) electrons. The highest BCUT2D eigenvalue weighted by atomic mass is 16.3. The summed E-state index contributed by atoms with van der Waals surface area (Å²) in [5, 5.41) is 3.81. The fourth-order valence-electron chi connectivity index (χ4n) is 1.41. The predicted molar refractivity (Wildman–Crippen MR) is 64.9 cm³/mol. The highest BCUT2D eigenvalue weighted by Crippen LogP contribution is 2.06. The normalized spacial score (nSPS) is 10.6. The maximum absolute atomic E-state index is 11.7. The van der Waals surface area contributed by atoms with Gasteiger partial charge in [0, 0.05) is 5.56 Å². The monoisotopic (exact) mass is 228 g/mol. The van der Waals surface area contributed by atoms with Gasteiger partial charge in [-0.3, -0.25) is 4.79 Å². The van der Waals surface area contributed by atoms with E-state index in [1.54, 1.807) is 24.5 Å². The Morgan fingerprint density at radius 1 is 1.29 bits per heavy atom. The summed E-state index contributed by atoms with van der Waals surface area (Å²) in [4.78, 5) is 11.7. The zero-order chi connectivity index (χ0) is 12.1. The van der Waals surface area contributed by atoms with Crippen molar-refractivity contribution in [2.45, 2.75) is 6.92 Å². The first kappa shape index (κ1) is 11.1. The number of amides is 1. The maximum Gasteiger partial charge on any atom is 0.271 e. The molecule has 4 heteroatoms. The molecule has 1 amide bonds. The number of rotatable bonds is 3. The zero-order valence-corrected chi connectivity index (χ0v) is 9.38. The van der Waals surface area contributed by atoms with Crippen molar-refractivity contribution >= 4 is 12.1 Å². The van der Waals surface area contributed by atoms with Crippen LogP contribution in [0.1, 0.15) is 21.7 Å². The molecule has 1 N–H and O–H groups in total. The molecule has 2 aromatic rings. The van der Waals surface area contributed by atoms with E-state index in [2.05, 4.69) is 10.5 Å². The van der Waals surface area contributed by atoms with Crippen molar-refractivity contribution in [1.82, 2.24) is 5.43 Å². The molecule has 0 aliphatic rings. The molecular weight excluding hydrogens is 216 g/mol. The molecule has 1 heterocycles. The van der Waals surface area contributed by atoms with Crippen LogP contribution in [-0.4, -0.2) is 12.1 Å². The summed E-state index contributed by atoms with van der Waals surface area (Å²) in [5.74, 6) is 0.362. The summed E-state index contributed by atoms with van der Waals surface area (Å²) in [6.45, 7) is 1.88. The van der Waals surface area contributed by atoms with Crippen LogP contribution in [0.25, 0.3) is 0 Å². The van der Waals surface area contributed by atoms with Gasteiger partial charge < -0.3 is 4.42 Å². The van der Waals surface area contributed by atoms with Gasteiger partial charge in [-0.2, -0.15) is 5.10 Å². The van der Waals surface area contributed by atoms with Crippen molar-refractivity contribution in [3.8, 4) is 0 Å². The van der Waals surface area contributed by atoms with Crippen molar-refractivity contribution in [3.63, 3.8) is 0 Å². The number of hydrogen-bond donors (Lipinski definition) is 1. The van der Waals surface area contributed by atoms with Crippen LogP contribution in [0.5, 0.6) is 0 Å². The molecule has 0 saturated heterocycles. The Morgan fingerprint density at radius 2 is 2.12 bits per heavy atom. The van der Waals surface area contributed by atoms with Crippen LogP contribution in [0.3, 0.4) is 0 Å². The number of carbonyl (C=O) groups is 1. The van der Waals surface area contributed by atoms with E-state index < -0.39 is 0 Å². The number of hydrogen-bond acceptors (Lipinski definition) is 3. The van der Waals surface area contributed by atoms with Crippen LogP contribution in [-0.2, 0) is 0 Å². The van der Waals surface area contributed by atoms with E-state index in [4.69, 9.17) is 4.42 Å². The van der Waals surface area contributed by atoms with Gasteiger partial charge in [-0.1, -0.05) is 18.2 Å². The summed E-state index contributed by atoms with van der Waals surface area (Å²) in [6, 6.07) is 10.8. The first-order valence-electron chi connectivity index (χ1n) is 5.20. The minimum Gasteiger partial charge on any atom is -0.463 e. The highest BCUT2D eigenvalue weighted by molar-refractivity contribution is 5.96. The number of nitrogens with zero attached hydrogens (tertiary/aromatic N) is 1. The Hall–Kier alpha value is -2.36. The Balaban J connectivity index is 2.01. The second-order valence-electron chi connectivity index (χ2n) is 3.53. The van der Waals surface area contributed by atoms with Crippen LogP contribution in [0.2, 0.25) is 0 Å². The minimum absolute atomic E-state index is 0.231. The van der Waals surface area contributed by atoms with Gasteiger partial charge in [0.25, 0.3) is 5.91 Å². The quantitative estimate of drug-likeness (QED) is 0.647. The SMILES string of the molecule is Cc1ccccc1C(=O)N/N=C\c1ccco1. The molecule has 4 nitrogen and oxygen atoms in total. The molecule has 0 unspecified atom stereocenters. The van der Waals surface area contributed by atoms with E-state index in [9.17, 15) is 4.79 Å². The van der Waals surface area contributed by atoms with Crippen molar-refractivity contribution in [3.05, 3.63) is 59.5 Å². The second-order valence-corrected chi connectivity index (χ2v) is 3.53. The average Bonchev–Trinajstić information content (AvgIpc) is 2.82. The third-order valence-electron chi connectivity index (χ3n) is 2.29. The second kappa shape index (κ2) is 5.12. The van der Waals surface area contributed by atoms with Gasteiger partial charge in [-0.25, -0.2) is 5.43 Å². The minimum atomic E-state index is -0.231. The summed E-state index contributed by atoms with van der Waals surface area (Å²) in [6.07, 6.45) is 3.00. The molecule has 0 aliphatic carbocycles. The van der Waals surface area contributed by atoms with Crippen molar-refractivity contribution in [2.24, 2.45) is 5.10 Å². The lowest BCUT2D eigenvalue weighted by atomic mass is 10.1. The molecule has 86 valence electrons. The van der Waals surface area contributed by atoms with Crippen LogP contribution in [0.4, 0.5) is 0 Å². The number of benzene rings is 1. The van der Waals surface area contributed by atoms with Crippen LogP contribution >= 0.6 is 0 Å². The number of hydrazone groups is 1. The number of aryl methyl sites for hydroxylation is 1. The molecule has 2 rings (SSSR count). The van der Waals surface area contributed by atoms with Gasteiger partial charge in [-0.15, -0.1) is 0 Å². The van der Waals surface area contributed by atoms with E-state index in [1.807, 2.05) is 25.1 Å². The van der Waals surface area contributed by atoms with Crippen LogP contribution in [0, 0.1) is 6.92 Å². The zero-order valence-electron chi connectivity index (χ0n) is 9.38. The first-order chi connectivity index (χ1) is 8.27. The molecule has 1 aromatic carbocycles. The Labute approximate surface area is 99.0 Å². The van der Waals surface area contributed by atoms with Gasteiger partial charge in [0.1, 0.15) is 5.76 Å². The van der Waals surface area contributed by atoms with Crippen molar-refractivity contribution in [1.29, 1.82) is 0 Å². The molecule has 1 aromatic heterocycles. The molecular formula is C13H12N2O2. The smallest absolute Gasteiger partial charge is 0.271 e. The molecule has 0 fully saturated rings. The highest BCUT2D eigenvalue weighted by Gasteiger charge is 2.05. The molecule has 17 heavy (non-hydrogen) atoms. The van der Waals surface area contributed by atoms with E-state index in [0.717, 1.165) is 5.56 Å². The van der Waals surface area contributed by atoms with Crippen molar-refractivity contribution < 1.29 is 9.21 Å². The topological polar surface area (TPSA) is 54.6 Å². The third-order valence-corrected chi connectivity index (χ3v) is 2.29. The van der Waals surface area contributed by atoms with E-state index in [-0.39, 0.29) is 5.91 Å². The first-order valence-corrected chi connectivity index (χ1v) is 5.20. The van der Waals surface area contributed by atoms with Gasteiger partial charge in [0.2, 0.25) is 0 Å². The van der Waals surface area contributed by atoms with Crippen LogP contribution < -0.4 is 5.43 Å². The average molecular weight is 228 g/mol. The third kappa shape index (κ3) is 2.81. The van der Waals surface area contributed by atoms with E-state index >= 15 is 0 Å². The molecule has 0 saturated carbocycles. The summed E-state index contributed by atoms with van der Waals surface area (Å²) < 4.78 is 5.04. The lowest BCUT2D eigenvalue weighted by Gasteiger charge is -2.02. The lowest BCUT2D eigenvalue weighted by molar-refractivity contribution is 0.0954. The van der Waals surface area contributed by atoms with Gasteiger partial charge in [0.05, 0.1) is 12.5 Å². The Bertz CT molecular complexity index is 530. The number of carbonyl (C=O) groups excluding carboxylic acids is 1. The molecule has 0 atom stereocenters. The fraction of sp³-hybridized carbons (Fsp3) is 0.0769. The fourth-order valence-corrected chi connectivity index (χ4v) is 1.41. The summed E-state index contributed by atoms with van der Waals surface area (Å²) in [7, 11) is 0. The maximum atomic E-state index is 11.7. The summed E-state index contributed by atoms with van der Waals surface area (Å²) >= 11 is 0. The van der Waals surface area contributed by atoms with Gasteiger partial charge >= 0.3 is 0 Å². The van der Waals surface area contributed by atoms with Gasteiger partial charge in [-0.05, 0) is 30.7 Å². The number of furan rings is 1.